The number of rotatable bonds is 4. The van der Waals surface area contributed by atoms with Crippen LogP contribution < -0.4 is 4.57 Å². The van der Waals surface area contributed by atoms with Crippen molar-refractivity contribution in [1.29, 1.82) is 0 Å². The van der Waals surface area contributed by atoms with Crippen molar-refractivity contribution in [3.63, 3.8) is 0 Å². The Kier molecular flexibility index (Phi) is 5.60. The molecule has 3 heteroatoms. The van der Waals surface area contributed by atoms with E-state index in [1.165, 1.54) is 44.8 Å². The summed E-state index contributed by atoms with van der Waals surface area (Å²) < 4.78 is 4.52. The summed E-state index contributed by atoms with van der Waals surface area (Å²) >= 11 is 0. The lowest BCUT2D eigenvalue weighted by Crippen LogP contribution is -2.36. The molecule has 1 aromatic heterocycles. The van der Waals surface area contributed by atoms with Gasteiger partial charge in [-0.15, -0.1) is 0 Å². The maximum atomic E-state index is 4.97. The molecule has 0 N–H and O–H groups in total. The fourth-order valence-electron chi connectivity index (χ4n) is 4.41. The first-order chi connectivity index (χ1) is 14.9. The summed E-state index contributed by atoms with van der Waals surface area (Å²) in [4.78, 5) is 4.97. The predicted octanol–water partition coefficient (Wildman–Crippen LogP) is 6.36. The summed E-state index contributed by atoms with van der Waals surface area (Å²) in [5, 5.41) is 0. The highest BCUT2D eigenvalue weighted by atomic mass is 15.2. The third kappa shape index (κ3) is 3.84. The molecular formula is C28H30N3+. The molecule has 0 spiro atoms. The Hall–Kier alpha value is -3.46. The van der Waals surface area contributed by atoms with Crippen LogP contribution in [0.4, 0.5) is 5.69 Å². The van der Waals surface area contributed by atoms with Gasteiger partial charge in [0.15, 0.2) is 0 Å². The van der Waals surface area contributed by atoms with E-state index in [9.17, 15) is 0 Å². The molecule has 0 bridgehead atoms. The molecule has 4 aromatic rings. The van der Waals surface area contributed by atoms with Crippen LogP contribution in [-0.4, -0.2) is 10.8 Å². The van der Waals surface area contributed by atoms with Crippen molar-refractivity contribution in [2.24, 2.45) is 4.99 Å². The zero-order valence-electron chi connectivity index (χ0n) is 19.3. The molecule has 0 aliphatic heterocycles. The van der Waals surface area contributed by atoms with Crippen molar-refractivity contribution in [2.75, 3.05) is 0 Å². The Bertz CT molecular complexity index is 1160. The summed E-state index contributed by atoms with van der Waals surface area (Å²) in [5.41, 5.74) is 10.8. The Balaban J connectivity index is 1.99. The molecule has 0 saturated carbocycles. The lowest BCUT2D eigenvalue weighted by molar-refractivity contribution is -0.596. The highest BCUT2D eigenvalue weighted by molar-refractivity contribution is 5.79. The van der Waals surface area contributed by atoms with E-state index in [2.05, 4.69) is 118 Å². The molecule has 0 atom stereocenters. The van der Waals surface area contributed by atoms with E-state index in [0.29, 0.717) is 0 Å². The number of aryl methyl sites for hydroxylation is 6. The van der Waals surface area contributed by atoms with E-state index in [1.807, 2.05) is 6.21 Å². The summed E-state index contributed by atoms with van der Waals surface area (Å²) in [5.74, 6) is 1.03. The number of nitrogens with zero attached hydrogens (tertiary/aromatic N) is 3. The van der Waals surface area contributed by atoms with E-state index < -0.39 is 0 Å². The average molecular weight is 409 g/mol. The molecule has 3 nitrogen and oxygen atoms in total. The van der Waals surface area contributed by atoms with Gasteiger partial charge < -0.3 is 0 Å². The van der Waals surface area contributed by atoms with Crippen LogP contribution in [0.3, 0.4) is 0 Å². The molecule has 0 saturated heterocycles. The minimum absolute atomic E-state index is 1.03. The fourth-order valence-corrected chi connectivity index (χ4v) is 4.41. The predicted molar refractivity (Wildman–Crippen MR) is 129 cm³/mol. The van der Waals surface area contributed by atoms with Gasteiger partial charge in [0.1, 0.15) is 30.0 Å². The fraction of sp³-hybridized carbons (Fsp3) is 0.214. The quantitative estimate of drug-likeness (QED) is 0.277. The van der Waals surface area contributed by atoms with Gasteiger partial charge >= 0.3 is 5.82 Å². The number of para-hydroxylation sites is 3. The van der Waals surface area contributed by atoms with Crippen molar-refractivity contribution in [1.82, 2.24) is 4.57 Å². The minimum atomic E-state index is 1.03. The van der Waals surface area contributed by atoms with Gasteiger partial charge in [0, 0.05) is 0 Å². The van der Waals surface area contributed by atoms with Gasteiger partial charge in [-0.1, -0.05) is 54.6 Å². The van der Waals surface area contributed by atoms with Gasteiger partial charge in [-0.2, -0.15) is 9.13 Å². The first-order valence-corrected chi connectivity index (χ1v) is 10.7. The Morgan fingerprint density at radius 2 is 1.16 bits per heavy atom. The summed E-state index contributed by atoms with van der Waals surface area (Å²) in [6.07, 6.45) is 6.30. The summed E-state index contributed by atoms with van der Waals surface area (Å²) in [6.45, 7) is 12.9. The third-order valence-electron chi connectivity index (χ3n) is 5.97. The van der Waals surface area contributed by atoms with Crippen LogP contribution in [0.25, 0.3) is 11.4 Å². The standard InChI is InChI=1S/C28H30N3/c1-19-10-7-11-20(2)26(19)29-18-25-30(27-21(3)12-8-13-22(27)4)16-17-31(25)28-23(5)14-9-15-24(28)6/h7-18H,1-6H3/q+1. The Morgan fingerprint density at radius 3 is 1.71 bits per heavy atom. The van der Waals surface area contributed by atoms with E-state index in [-0.39, 0.29) is 0 Å². The normalized spacial score (nSPS) is 11.4. The lowest BCUT2D eigenvalue weighted by atomic mass is 10.1. The minimum Gasteiger partial charge on any atom is -0.248 e. The first kappa shape index (κ1) is 20.8. The molecule has 0 unspecified atom stereocenters. The number of benzene rings is 3. The molecule has 1 heterocycles. The maximum Gasteiger partial charge on any atom is 0.310 e. The number of aromatic nitrogens is 2. The highest BCUT2D eigenvalue weighted by Gasteiger charge is 2.23. The van der Waals surface area contributed by atoms with Crippen molar-refractivity contribution in [2.45, 2.75) is 41.5 Å². The second-order valence-electron chi connectivity index (χ2n) is 8.38. The van der Waals surface area contributed by atoms with Crippen molar-refractivity contribution in [3.05, 3.63) is 106 Å². The average Bonchev–Trinajstić information content (AvgIpc) is 3.10. The first-order valence-electron chi connectivity index (χ1n) is 10.7. The van der Waals surface area contributed by atoms with Crippen LogP contribution in [0.1, 0.15) is 39.2 Å². The molecule has 31 heavy (non-hydrogen) atoms. The third-order valence-corrected chi connectivity index (χ3v) is 5.97. The van der Waals surface area contributed by atoms with Crippen molar-refractivity contribution in [3.8, 4) is 11.4 Å². The van der Waals surface area contributed by atoms with Gasteiger partial charge in [-0.05, 0) is 74.9 Å². The van der Waals surface area contributed by atoms with Gasteiger partial charge in [0.2, 0.25) is 0 Å². The topological polar surface area (TPSA) is 21.2 Å². The second-order valence-corrected chi connectivity index (χ2v) is 8.38. The van der Waals surface area contributed by atoms with Crippen LogP contribution >= 0.6 is 0 Å². The molecule has 0 amide bonds. The van der Waals surface area contributed by atoms with E-state index in [1.54, 1.807) is 0 Å². The SMILES string of the molecule is Cc1cccc(C)c1N=Cc1n(-c2c(C)cccc2C)cc[n+]1-c1c(C)cccc1C. The van der Waals surface area contributed by atoms with Crippen LogP contribution in [-0.2, 0) is 0 Å². The number of hydrogen-bond acceptors (Lipinski definition) is 1. The molecule has 3 aromatic carbocycles. The van der Waals surface area contributed by atoms with Gasteiger partial charge in [0.05, 0.1) is 5.69 Å². The molecule has 0 aliphatic carbocycles. The van der Waals surface area contributed by atoms with E-state index in [4.69, 9.17) is 4.99 Å². The summed E-state index contributed by atoms with van der Waals surface area (Å²) in [6, 6.07) is 19.2. The largest absolute Gasteiger partial charge is 0.310 e. The van der Waals surface area contributed by atoms with Gasteiger partial charge in [0.25, 0.3) is 0 Å². The molecular weight excluding hydrogens is 378 g/mol. The van der Waals surface area contributed by atoms with Gasteiger partial charge in [-0.3, -0.25) is 0 Å². The van der Waals surface area contributed by atoms with Gasteiger partial charge in [-0.25, -0.2) is 4.99 Å². The zero-order chi connectivity index (χ0) is 22.1. The lowest BCUT2D eigenvalue weighted by Gasteiger charge is -2.10. The number of aliphatic imine (C=N–C) groups is 1. The molecule has 0 fully saturated rings. The molecule has 0 aliphatic rings. The highest BCUT2D eigenvalue weighted by Crippen LogP contribution is 2.24. The molecule has 156 valence electrons. The molecule has 4 rings (SSSR count). The molecule has 0 radical (unpaired) electrons. The smallest absolute Gasteiger partial charge is 0.248 e. The van der Waals surface area contributed by atoms with Crippen molar-refractivity contribution < 1.29 is 4.57 Å². The van der Waals surface area contributed by atoms with E-state index >= 15 is 0 Å². The monoisotopic (exact) mass is 408 g/mol. The van der Waals surface area contributed by atoms with Crippen molar-refractivity contribution >= 4 is 11.9 Å². The van der Waals surface area contributed by atoms with Crippen LogP contribution in [0, 0.1) is 41.5 Å². The number of hydrogen-bond donors (Lipinski definition) is 0. The van der Waals surface area contributed by atoms with E-state index in [0.717, 1.165) is 11.5 Å². The Morgan fingerprint density at radius 1 is 0.677 bits per heavy atom. The second kappa shape index (κ2) is 8.35. The summed E-state index contributed by atoms with van der Waals surface area (Å²) in [7, 11) is 0. The van der Waals surface area contributed by atoms with Crippen LogP contribution in [0.2, 0.25) is 0 Å². The Labute approximate surface area is 185 Å². The maximum absolute atomic E-state index is 4.97. The zero-order valence-corrected chi connectivity index (χ0v) is 19.3. The number of imidazole rings is 1. The van der Waals surface area contributed by atoms with Crippen LogP contribution in [0.15, 0.2) is 72.0 Å². The van der Waals surface area contributed by atoms with Crippen LogP contribution in [0.5, 0.6) is 0 Å².